The van der Waals surface area contributed by atoms with Crippen LogP contribution in [0.1, 0.15) is 31.1 Å². The van der Waals surface area contributed by atoms with Crippen molar-refractivity contribution in [3.8, 4) is 0 Å². The molecule has 1 aromatic rings. The molecule has 0 aromatic heterocycles. The Labute approximate surface area is 170 Å². The van der Waals surface area contributed by atoms with Crippen molar-refractivity contribution in [3.05, 3.63) is 34.9 Å². The molecule has 2 aliphatic heterocycles. The van der Waals surface area contributed by atoms with Crippen molar-refractivity contribution < 1.29 is 19.4 Å². The molecule has 28 heavy (non-hydrogen) atoms. The monoisotopic (exact) mass is 409 g/mol. The van der Waals surface area contributed by atoms with Crippen LogP contribution in [0.5, 0.6) is 0 Å². The van der Waals surface area contributed by atoms with Gasteiger partial charge in [-0.25, -0.2) is 4.79 Å². The van der Waals surface area contributed by atoms with Crippen molar-refractivity contribution in [1.82, 2.24) is 14.7 Å². The molecule has 0 spiro atoms. The Balaban J connectivity index is 1.54. The van der Waals surface area contributed by atoms with Crippen LogP contribution in [0, 0.1) is 0 Å². The van der Waals surface area contributed by atoms with Crippen LogP contribution in [-0.4, -0.2) is 88.8 Å². The van der Waals surface area contributed by atoms with E-state index >= 15 is 0 Å². The minimum atomic E-state index is -0.619. The lowest BCUT2D eigenvalue weighted by atomic mass is 10.1. The van der Waals surface area contributed by atoms with Gasteiger partial charge in [0, 0.05) is 43.3 Å². The lowest BCUT2D eigenvalue weighted by molar-refractivity contribution is 0.0268. The first-order valence-corrected chi connectivity index (χ1v) is 9.97. The maximum absolute atomic E-state index is 12.6. The molecule has 7 nitrogen and oxygen atoms in total. The van der Waals surface area contributed by atoms with Crippen molar-refractivity contribution in [2.24, 2.45) is 0 Å². The average Bonchev–Trinajstić information content (AvgIpc) is 3.02. The van der Waals surface area contributed by atoms with Gasteiger partial charge in [-0.3, -0.25) is 9.69 Å². The Bertz CT molecular complexity index is 711. The topological polar surface area (TPSA) is 73.3 Å². The predicted molar refractivity (Wildman–Crippen MR) is 107 cm³/mol. The Morgan fingerprint density at radius 2 is 1.64 bits per heavy atom. The van der Waals surface area contributed by atoms with Crippen molar-refractivity contribution in [2.75, 3.05) is 39.3 Å². The molecule has 3 rings (SSSR count). The molecule has 2 aliphatic rings. The third-order valence-electron chi connectivity index (χ3n) is 5.07. The number of hydrogen-bond donors (Lipinski definition) is 1. The molecule has 2 unspecified atom stereocenters. The summed E-state index contributed by atoms with van der Waals surface area (Å²) in [4.78, 5) is 30.4. The standard InChI is InChI=1S/C20H28ClN3O4/c1-20(2,3)28-19(27)24-12-16(17(25)13-24)22-8-10-23(11-9-22)18(26)14-4-6-15(21)7-5-14/h4-7,16-17,25H,8-13H2,1-3H3. The predicted octanol–water partition coefficient (Wildman–Crippen LogP) is 2.08. The van der Waals surface area contributed by atoms with Crippen LogP contribution in [-0.2, 0) is 4.74 Å². The third-order valence-corrected chi connectivity index (χ3v) is 5.32. The van der Waals surface area contributed by atoms with Crippen molar-refractivity contribution >= 4 is 23.6 Å². The first-order chi connectivity index (χ1) is 13.1. The van der Waals surface area contributed by atoms with E-state index in [4.69, 9.17) is 16.3 Å². The van der Waals surface area contributed by atoms with E-state index in [2.05, 4.69) is 4.90 Å². The van der Waals surface area contributed by atoms with E-state index < -0.39 is 17.8 Å². The second-order valence-corrected chi connectivity index (χ2v) is 8.79. The lowest BCUT2D eigenvalue weighted by Gasteiger charge is -2.38. The van der Waals surface area contributed by atoms with Crippen molar-refractivity contribution in [3.63, 3.8) is 0 Å². The molecule has 8 heteroatoms. The summed E-state index contributed by atoms with van der Waals surface area (Å²) in [5.41, 5.74) is 0.0585. The Morgan fingerprint density at radius 1 is 1.04 bits per heavy atom. The number of β-amino-alcohol motifs (C(OH)–C–C–N with tert-alkyl or cyclic N) is 1. The molecule has 2 saturated heterocycles. The molecule has 2 amide bonds. The summed E-state index contributed by atoms with van der Waals surface area (Å²) in [6, 6.07) is 6.75. The zero-order valence-electron chi connectivity index (χ0n) is 16.6. The van der Waals surface area contributed by atoms with Gasteiger partial charge in [-0.1, -0.05) is 11.6 Å². The highest BCUT2D eigenvalue weighted by molar-refractivity contribution is 6.30. The van der Waals surface area contributed by atoms with Crippen LogP contribution in [0.15, 0.2) is 24.3 Å². The molecular formula is C20H28ClN3O4. The number of hydrogen-bond acceptors (Lipinski definition) is 5. The van der Waals surface area contributed by atoms with Gasteiger partial charge in [0.1, 0.15) is 5.60 Å². The third kappa shape index (κ3) is 4.96. The number of piperazine rings is 1. The van der Waals surface area contributed by atoms with Crippen LogP contribution in [0.4, 0.5) is 4.79 Å². The Morgan fingerprint density at radius 3 is 2.21 bits per heavy atom. The normalized spacial score (nSPS) is 23.8. The van der Waals surface area contributed by atoms with E-state index in [1.54, 1.807) is 29.2 Å². The smallest absolute Gasteiger partial charge is 0.410 e. The van der Waals surface area contributed by atoms with Crippen LogP contribution in [0.2, 0.25) is 5.02 Å². The molecular weight excluding hydrogens is 382 g/mol. The van der Waals surface area contributed by atoms with E-state index in [1.165, 1.54) is 0 Å². The molecule has 2 atom stereocenters. The molecule has 2 heterocycles. The van der Waals surface area contributed by atoms with Gasteiger partial charge in [-0.2, -0.15) is 0 Å². The highest BCUT2D eigenvalue weighted by Gasteiger charge is 2.40. The van der Waals surface area contributed by atoms with Crippen LogP contribution in [0.25, 0.3) is 0 Å². The van der Waals surface area contributed by atoms with Gasteiger partial charge in [0.2, 0.25) is 0 Å². The summed E-state index contributed by atoms with van der Waals surface area (Å²) < 4.78 is 5.41. The van der Waals surface area contributed by atoms with Crippen LogP contribution < -0.4 is 0 Å². The molecule has 0 aliphatic carbocycles. The zero-order chi connectivity index (χ0) is 20.5. The molecule has 0 radical (unpaired) electrons. The summed E-state index contributed by atoms with van der Waals surface area (Å²) in [5.74, 6) is -0.0151. The average molecular weight is 410 g/mol. The van der Waals surface area contributed by atoms with E-state index in [-0.39, 0.29) is 18.5 Å². The molecule has 1 N–H and O–H groups in total. The summed E-state index contributed by atoms with van der Waals surface area (Å²) in [6.07, 6.45) is -1.02. The quantitative estimate of drug-likeness (QED) is 0.809. The molecule has 2 fully saturated rings. The number of halogens is 1. The summed E-state index contributed by atoms with van der Waals surface area (Å²) >= 11 is 5.88. The fraction of sp³-hybridized carbons (Fsp3) is 0.600. The first-order valence-electron chi connectivity index (χ1n) is 9.59. The number of ether oxygens (including phenoxy) is 1. The highest BCUT2D eigenvalue weighted by atomic mass is 35.5. The van der Waals surface area contributed by atoms with Gasteiger partial charge < -0.3 is 19.6 Å². The number of carbonyl (C=O) groups excluding carboxylic acids is 2. The maximum Gasteiger partial charge on any atom is 0.410 e. The summed E-state index contributed by atoms with van der Waals surface area (Å²) in [5, 5.41) is 11.1. The van der Waals surface area contributed by atoms with Gasteiger partial charge in [0.05, 0.1) is 18.7 Å². The molecule has 0 bridgehead atoms. The van der Waals surface area contributed by atoms with Gasteiger partial charge >= 0.3 is 6.09 Å². The first kappa shape index (κ1) is 20.9. The second-order valence-electron chi connectivity index (χ2n) is 8.36. The van der Waals surface area contributed by atoms with Crippen molar-refractivity contribution in [2.45, 2.75) is 38.5 Å². The fourth-order valence-corrected chi connectivity index (χ4v) is 3.76. The zero-order valence-corrected chi connectivity index (χ0v) is 17.4. The number of benzene rings is 1. The Kier molecular flexibility index (Phi) is 6.17. The second kappa shape index (κ2) is 8.27. The number of amides is 2. The highest BCUT2D eigenvalue weighted by Crippen LogP contribution is 2.21. The van der Waals surface area contributed by atoms with Crippen molar-refractivity contribution in [1.29, 1.82) is 0 Å². The van der Waals surface area contributed by atoms with Gasteiger partial charge in [0.25, 0.3) is 5.91 Å². The van der Waals surface area contributed by atoms with Crippen LogP contribution in [0.3, 0.4) is 0 Å². The number of aliphatic hydroxyl groups is 1. The SMILES string of the molecule is CC(C)(C)OC(=O)N1CC(O)C(N2CCN(C(=O)c3ccc(Cl)cc3)CC2)C1. The molecule has 0 saturated carbocycles. The maximum atomic E-state index is 12.6. The Hall–Kier alpha value is -1.83. The number of nitrogens with zero attached hydrogens (tertiary/aromatic N) is 3. The fourth-order valence-electron chi connectivity index (χ4n) is 3.64. The van der Waals surface area contributed by atoms with E-state index in [9.17, 15) is 14.7 Å². The number of aliphatic hydroxyl groups excluding tert-OH is 1. The largest absolute Gasteiger partial charge is 0.444 e. The molecule has 1 aromatic carbocycles. The van der Waals surface area contributed by atoms with E-state index in [0.717, 1.165) is 0 Å². The summed E-state index contributed by atoms with van der Waals surface area (Å²) in [7, 11) is 0. The number of likely N-dealkylation sites (tertiary alicyclic amines) is 1. The number of carbonyl (C=O) groups is 2. The number of rotatable bonds is 2. The van der Waals surface area contributed by atoms with Gasteiger partial charge in [-0.05, 0) is 45.0 Å². The van der Waals surface area contributed by atoms with Crippen LogP contribution >= 0.6 is 11.6 Å². The molecule has 154 valence electrons. The lowest BCUT2D eigenvalue weighted by Crippen LogP contribution is -2.55. The van der Waals surface area contributed by atoms with Gasteiger partial charge in [-0.15, -0.1) is 0 Å². The minimum absolute atomic E-state index is 0.0151. The minimum Gasteiger partial charge on any atom is -0.444 e. The van der Waals surface area contributed by atoms with E-state index in [0.29, 0.717) is 43.3 Å². The van der Waals surface area contributed by atoms with Gasteiger partial charge in [0.15, 0.2) is 0 Å². The van der Waals surface area contributed by atoms with E-state index in [1.807, 2.05) is 25.7 Å². The summed E-state index contributed by atoms with van der Waals surface area (Å²) in [6.45, 7) is 8.65.